The van der Waals surface area contributed by atoms with Crippen LogP contribution in [0.25, 0.3) is 11.3 Å². The summed E-state index contributed by atoms with van der Waals surface area (Å²) in [7, 11) is 2.02. The summed E-state index contributed by atoms with van der Waals surface area (Å²) in [4.78, 5) is 11.8. The van der Waals surface area contributed by atoms with Gasteiger partial charge in [-0.3, -0.25) is 5.43 Å². The van der Waals surface area contributed by atoms with E-state index in [0.29, 0.717) is 5.69 Å². The van der Waals surface area contributed by atoms with Crippen LogP contribution in [0.1, 0.15) is 16.7 Å². The smallest absolute Gasteiger partial charge is 0.350 e. The van der Waals surface area contributed by atoms with Crippen LogP contribution in [0.3, 0.4) is 0 Å². The molecule has 0 radical (unpaired) electrons. The molecule has 0 aliphatic heterocycles. The molecule has 0 saturated carbocycles. The standard InChI is InChI=1S/C21H25N5O2/c1-14-6-4-7-19(26(23)21(27)24-22)17(14)13-28-20-10-9-16(12-15(20)2)18-8-5-11-25(18)3/h4-12H,13,22-23H2,1-3H3,(H,24,27). The second-order valence-electron chi connectivity index (χ2n) is 6.67. The number of aromatic nitrogens is 1. The number of anilines is 1. The minimum atomic E-state index is -0.602. The fourth-order valence-corrected chi connectivity index (χ4v) is 3.16. The third kappa shape index (κ3) is 3.85. The van der Waals surface area contributed by atoms with Crippen LogP contribution in [0.2, 0.25) is 0 Å². The van der Waals surface area contributed by atoms with Gasteiger partial charge in [0.1, 0.15) is 12.4 Å². The first-order chi connectivity index (χ1) is 13.4. The lowest BCUT2D eigenvalue weighted by Gasteiger charge is -2.21. The van der Waals surface area contributed by atoms with E-state index in [9.17, 15) is 4.79 Å². The van der Waals surface area contributed by atoms with E-state index in [1.54, 1.807) is 6.07 Å². The molecule has 0 unspecified atom stereocenters. The van der Waals surface area contributed by atoms with Crippen molar-refractivity contribution in [3.05, 3.63) is 71.4 Å². The van der Waals surface area contributed by atoms with Gasteiger partial charge < -0.3 is 9.30 Å². The molecule has 0 spiro atoms. The Morgan fingerprint density at radius 1 is 1.14 bits per heavy atom. The highest BCUT2D eigenvalue weighted by Gasteiger charge is 2.16. The lowest BCUT2D eigenvalue weighted by atomic mass is 10.1. The predicted octanol–water partition coefficient (Wildman–Crippen LogP) is 3.15. The first kappa shape index (κ1) is 19.5. The van der Waals surface area contributed by atoms with Crippen LogP contribution in [0.5, 0.6) is 5.75 Å². The second-order valence-corrected chi connectivity index (χ2v) is 6.67. The van der Waals surface area contributed by atoms with E-state index in [0.717, 1.165) is 38.7 Å². The van der Waals surface area contributed by atoms with Crippen molar-refractivity contribution in [2.75, 3.05) is 5.01 Å². The number of benzene rings is 2. The van der Waals surface area contributed by atoms with Gasteiger partial charge in [-0.15, -0.1) is 0 Å². The number of nitrogens with zero attached hydrogens (tertiary/aromatic N) is 2. The van der Waals surface area contributed by atoms with Crippen molar-refractivity contribution >= 4 is 11.7 Å². The van der Waals surface area contributed by atoms with E-state index in [1.807, 2.05) is 62.8 Å². The van der Waals surface area contributed by atoms with Gasteiger partial charge in [0, 0.05) is 24.5 Å². The predicted molar refractivity (Wildman–Crippen MR) is 110 cm³/mol. The molecular formula is C21H25N5O2. The van der Waals surface area contributed by atoms with Crippen LogP contribution in [0, 0.1) is 13.8 Å². The maximum absolute atomic E-state index is 11.8. The minimum Gasteiger partial charge on any atom is -0.489 e. The Kier molecular flexibility index (Phi) is 5.67. The summed E-state index contributed by atoms with van der Waals surface area (Å²) in [5.74, 6) is 11.9. The van der Waals surface area contributed by atoms with Crippen LogP contribution in [-0.2, 0) is 13.7 Å². The van der Waals surface area contributed by atoms with Gasteiger partial charge in [0.25, 0.3) is 0 Å². The molecule has 5 N–H and O–H groups in total. The first-order valence-corrected chi connectivity index (χ1v) is 8.91. The highest BCUT2D eigenvalue weighted by Crippen LogP contribution is 2.29. The van der Waals surface area contributed by atoms with E-state index in [4.69, 9.17) is 16.4 Å². The zero-order valence-electron chi connectivity index (χ0n) is 16.3. The molecule has 1 heterocycles. The molecule has 146 valence electrons. The molecule has 0 aliphatic rings. The lowest BCUT2D eigenvalue weighted by molar-refractivity contribution is 0.246. The van der Waals surface area contributed by atoms with Crippen molar-refractivity contribution in [1.29, 1.82) is 0 Å². The molecule has 7 heteroatoms. The molecule has 0 fully saturated rings. The van der Waals surface area contributed by atoms with Crippen LogP contribution < -0.4 is 26.9 Å². The maximum Gasteiger partial charge on any atom is 0.350 e. The number of aryl methyl sites for hydroxylation is 3. The molecule has 0 saturated heterocycles. The Morgan fingerprint density at radius 3 is 2.57 bits per heavy atom. The molecule has 3 rings (SSSR count). The molecule has 28 heavy (non-hydrogen) atoms. The van der Waals surface area contributed by atoms with E-state index >= 15 is 0 Å². The molecule has 2 amide bonds. The van der Waals surface area contributed by atoms with Gasteiger partial charge in [0.05, 0.1) is 5.69 Å². The molecule has 7 nitrogen and oxygen atoms in total. The highest BCUT2D eigenvalue weighted by molar-refractivity contribution is 5.91. The summed E-state index contributed by atoms with van der Waals surface area (Å²) in [5, 5.41) is 0.983. The van der Waals surface area contributed by atoms with Crippen molar-refractivity contribution in [3.63, 3.8) is 0 Å². The summed E-state index contributed by atoms with van der Waals surface area (Å²) >= 11 is 0. The second kappa shape index (κ2) is 8.16. The first-order valence-electron chi connectivity index (χ1n) is 8.91. The van der Waals surface area contributed by atoms with E-state index in [2.05, 4.69) is 16.7 Å². The van der Waals surface area contributed by atoms with Crippen LogP contribution in [-0.4, -0.2) is 10.6 Å². The van der Waals surface area contributed by atoms with Crippen molar-refractivity contribution < 1.29 is 9.53 Å². The number of amides is 2. The van der Waals surface area contributed by atoms with Gasteiger partial charge in [-0.05, 0) is 66.9 Å². The zero-order chi connectivity index (χ0) is 20.3. The fraction of sp³-hybridized carbons (Fsp3) is 0.190. The Labute approximate surface area is 164 Å². The normalized spacial score (nSPS) is 10.6. The van der Waals surface area contributed by atoms with Crippen molar-refractivity contribution in [3.8, 4) is 17.0 Å². The molecule has 3 aromatic rings. The number of carbonyl (C=O) groups is 1. The third-order valence-electron chi connectivity index (χ3n) is 4.77. The molecular weight excluding hydrogens is 354 g/mol. The number of ether oxygens (including phenoxy) is 1. The number of nitrogens with two attached hydrogens (primary N) is 2. The van der Waals surface area contributed by atoms with Crippen LogP contribution in [0.15, 0.2) is 54.7 Å². The van der Waals surface area contributed by atoms with Crippen molar-refractivity contribution in [2.45, 2.75) is 20.5 Å². The largest absolute Gasteiger partial charge is 0.489 e. The van der Waals surface area contributed by atoms with Crippen molar-refractivity contribution in [1.82, 2.24) is 9.99 Å². The third-order valence-corrected chi connectivity index (χ3v) is 4.77. The number of carbonyl (C=O) groups excluding carboxylic acids is 1. The Hall–Kier alpha value is -3.29. The summed E-state index contributed by atoms with van der Waals surface area (Å²) in [6.07, 6.45) is 2.02. The summed E-state index contributed by atoms with van der Waals surface area (Å²) in [5.41, 5.74) is 7.66. The van der Waals surface area contributed by atoms with E-state index in [-0.39, 0.29) is 6.61 Å². The van der Waals surface area contributed by atoms with E-state index < -0.39 is 6.03 Å². The van der Waals surface area contributed by atoms with E-state index in [1.165, 1.54) is 0 Å². The topological polar surface area (TPSA) is 98.5 Å². The molecule has 1 aromatic heterocycles. The maximum atomic E-state index is 11.8. The lowest BCUT2D eigenvalue weighted by Crippen LogP contribution is -2.48. The van der Waals surface area contributed by atoms with Crippen LogP contribution >= 0.6 is 0 Å². The summed E-state index contributed by atoms with van der Waals surface area (Å²) in [6, 6.07) is 15.1. The number of rotatable bonds is 5. The van der Waals surface area contributed by atoms with Gasteiger partial charge >= 0.3 is 6.03 Å². The molecule has 0 bridgehead atoms. The number of hydrogen-bond donors (Lipinski definition) is 3. The number of urea groups is 1. The van der Waals surface area contributed by atoms with Gasteiger partial charge in [0.15, 0.2) is 0 Å². The fourth-order valence-electron chi connectivity index (χ4n) is 3.16. The zero-order valence-corrected chi connectivity index (χ0v) is 16.3. The highest BCUT2D eigenvalue weighted by atomic mass is 16.5. The molecule has 0 aliphatic carbocycles. The van der Waals surface area contributed by atoms with Crippen molar-refractivity contribution in [2.24, 2.45) is 18.7 Å². The van der Waals surface area contributed by atoms with Crippen LogP contribution in [0.4, 0.5) is 10.5 Å². The Morgan fingerprint density at radius 2 is 1.93 bits per heavy atom. The Balaban J connectivity index is 1.83. The van der Waals surface area contributed by atoms with Gasteiger partial charge in [0.2, 0.25) is 0 Å². The number of hydrazine groups is 2. The van der Waals surface area contributed by atoms with Gasteiger partial charge in [-0.1, -0.05) is 12.1 Å². The minimum absolute atomic E-state index is 0.276. The SMILES string of the molecule is Cc1cc(-c2cccn2C)ccc1OCc1c(C)cccc1N(N)C(=O)NN. The average Bonchev–Trinajstić information content (AvgIpc) is 3.12. The summed E-state index contributed by atoms with van der Waals surface area (Å²) in [6.45, 7) is 4.23. The van der Waals surface area contributed by atoms with Gasteiger partial charge in [-0.2, -0.15) is 0 Å². The summed E-state index contributed by atoms with van der Waals surface area (Å²) < 4.78 is 8.14. The monoisotopic (exact) mass is 379 g/mol. The van der Waals surface area contributed by atoms with Gasteiger partial charge in [-0.25, -0.2) is 21.5 Å². The molecule has 0 atom stereocenters. The number of hydrogen-bond acceptors (Lipinski definition) is 4. The molecule has 2 aromatic carbocycles. The number of nitrogens with one attached hydrogen (secondary N) is 1. The quantitative estimate of drug-likeness (QED) is 0.360. The average molecular weight is 379 g/mol. The Bertz CT molecular complexity index is 996.